The molecule has 0 radical (unpaired) electrons. The molecule has 0 saturated carbocycles. The van der Waals surface area contributed by atoms with Crippen LogP contribution >= 0.6 is 11.8 Å². The number of rotatable bonds is 1. The molecule has 0 bridgehead atoms. The molecule has 0 aromatic heterocycles. The summed E-state index contributed by atoms with van der Waals surface area (Å²) in [5, 5.41) is 0.758. The maximum absolute atomic E-state index is 12.3. The molecule has 0 unspecified atom stereocenters. The van der Waals surface area contributed by atoms with Gasteiger partial charge in [0.15, 0.2) is 5.17 Å². The maximum Gasteiger partial charge on any atom is 0.279 e. The fraction of sp³-hybridized carbons (Fsp3) is 0.176. The maximum atomic E-state index is 12.3. The highest BCUT2D eigenvalue weighted by Gasteiger charge is 2.23. The van der Waals surface area contributed by atoms with E-state index in [1.807, 2.05) is 36.6 Å². The number of nitrogens with zero attached hydrogens (tertiary/aromatic N) is 2. The molecule has 1 amide bonds. The SMILES string of the molecule is CSC(=NC(=O)c1ccccc1)N1CCc2ccccc21. The molecule has 2 aromatic carbocycles. The first-order chi connectivity index (χ1) is 10.3. The van der Waals surface area contributed by atoms with Crippen LogP contribution in [-0.4, -0.2) is 23.9 Å². The van der Waals surface area contributed by atoms with Gasteiger partial charge in [-0.15, -0.1) is 0 Å². The number of amides is 1. The fourth-order valence-electron chi connectivity index (χ4n) is 2.49. The minimum atomic E-state index is -0.190. The molecule has 1 heterocycles. The van der Waals surface area contributed by atoms with Gasteiger partial charge in [-0.1, -0.05) is 48.2 Å². The first-order valence-electron chi connectivity index (χ1n) is 6.87. The molecule has 106 valence electrons. The van der Waals surface area contributed by atoms with Crippen molar-refractivity contribution in [2.24, 2.45) is 4.99 Å². The summed E-state index contributed by atoms with van der Waals surface area (Å²) in [5.74, 6) is -0.190. The second-order valence-corrected chi connectivity index (χ2v) is 5.57. The third-order valence-corrected chi connectivity index (χ3v) is 4.20. The van der Waals surface area contributed by atoms with Crippen molar-refractivity contribution < 1.29 is 4.79 Å². The van der Waals surface area contributed by atoms with Gasteiger partial charge in [0, 0.05) is 17.8 Å². The van der Waals surface area contributed by atoms with Gasteiger partial charge in [0.05, 0.1) is 0 Å². The first-order valence-corrected chi connectivity index (χ1v) is 8.09. The van der Waals surface area contributed by atoms with Crippen molar-refractivity contribution in [2.75, 3.05) is 17.7 Å². The Labute approximate surface area is 128 Å². The summed E-state index contributed by atoms with van der Waals surface area (Å²) in [7, 11) is 0. The molecule has 0 saturated heterocycles. The topological polar surface area (TPSA) is 32.7 Å². The molecule has 3 rings (SSSR count). The van der Waals surface area contributed by atoms with E-state index in [0.717, 1.165) is 23.8 Å². The normalized spacial score (nSPS) is 14.1. The average molecular weight is 296 g/mol. The zero-order chi connectivity index (χ0) is 14.7. The highest BCUT2D eigenvalue weighted by Crippen LogP contribution is 2.29. The van der Waals surface area contributed by atoms with Gasteiger partial charge < -0.3 is 4.90 Å². The van der Waals surface area contributed by atoms with Crippen LogP contribution in [-0.2, 0) is 6.42 Å². The number of fused-ring (bicyclic) bond motifs is 1. The number of hydrogen-bond acceptors (Lipinski definition) is 2. The molecule has 3 nitrogen and oxygen atoms in total. The lowest BCUT2D eigenvalue weighted by Crippen LogP contribution is -2.27. The smallest absolute Gasteiger partial charge is 0.279 e. The highest BCUT2D eigenvalue weighted by atomic mass is 32.2. The van der Waals surface area contributed by atoms with Crippen molar-refractivity contribution in [3.05, 3.63) is 65.7 Å². The van der Waals surface area contributed by atoms with E-state index in [0.29, 0.717) is 5.56 Å². The average Bonchev–Trinajstić information content (AvgIpc) is 2.97. The number of hydrogen-bond donors (Lipinski definition) is 0. The van der Waals surface area contributed by atoms with Crippen molar-refractivity contribution in [2.45, 2.75) is 6.42 Å². The number of thioether (sulfide) groups is 1. The zero-order valence-corrected chi connectivity index (χ0v) is 12.6. The van der Waals surface area contributed by atoms with E-state index in [-0.39, 0.29) is 5.91 Å². The monoisotopic (exact) mass is 296 g/mol. The third-order valence-electron chi connectivity index (χ3n) is 3.52. The molecule has 1 aliphatic rings. The minimum Gasteiger partial charge on any atom is -0.320 e. The van der Waals surface area contributed by atoms with Gasteiger partial charge in [0.1, 0.15) is 0 Å². The summed E-state index contributed by atoms with van der Waals surface area (Å²) in [4.78, 5) is 18.7. The number of amidine groups is 1. The quantitative estimate of drug-likeness (QED) is 0.595. The van der Waals surface area contributed by atoms with E-state index in [4.69, 9.17) is 0 Å². The summed E-state index contributed by atoms with van der Waals surface area (Å²) < 4.78 is 0. The van der Waals surface area contributed by atoms with E-state index >= 15 is 0 Å². The van der Waals surface area contributed by atoms with Crippen molar-refractivity contribution in [1.29, 1.82) is 0 Å². The fourth-order valence-corrected chi connectivity index (χ4v) is 3.07. The summed E-state index contributed by atoms with van der Waals surface area (Å²) in [6, 6.07) is 17.5. The predicted molar refractivity (Wildman–Crippen MR) is 89.2 cm³/mol. The number of para-hydroxylation sites is 1. The molecule has 4 heteroatoms. The Morgan fingerprint density at radius 1 is 1.10 bits per heavy atom. The number of anilines is 1. The van der Waals surface area contributed by atoms with Gasteiger partial charge in [-0.25, -0.2) is 0 Å². The van der Waals surface area contributed by atoms with Crippen molar-refractivity contribution >= 4 is 28.5 Å². The van der Waals surface area contributed by atoms with Crippen LogP contribution in [0.4, 0.5) is 5.69 Å². The Morgan fingerprint density at radius 3 is 2.57 bits per heavy atom. The molecule has 1 aliphatic heterocycles. The lowest BCUT2D eigenvalue weighted by atomic mass is 10.2. The Balaban J connectivity index is 1.90. The highest BCUT2D eigenvalue weighted by molar-refractivity contribution is 8.13. The van der Waals surface area contributed by atoms with Gasteiger partial charge in [-0.3, -0.25) is 4.79 Å². The van der Waals surface area contributed by atoms with E-state index in [1.54, 1.807) is 12.1 Å². The summed E-state index contributed by atoms with van der Waals surface area (Å²) in [6.07, 6.45) is 2.95. The van der Waals surface area contributed by atoms with Crippen molar-refractivity contribution in [1.82, 2.24) is 0 Å². The Bertz CT molecular complexity index is 682. The van der Waals surface area contributed by atoms with E-state index in [9.17, 15) is 4.79 Å². The van der Waals surface area contributed by atoms with E-state index in [1.165, 1.54) is 17.3 Å². The standard InChI is InChI=1S/C17H16N2OS/c1-21-17(18-16(20)14-8-3-2-4-9-14)19-12-11-13-7-5-6-10-15(13)19/h2-10H,11-12H2,1H3. The lowest BCUT2D eigenvalue weighted by Gasteiger charge is -2.19. The largest absolute Gasteiger partial charge is 0.320 e. The molecular weight excluding hydrogens is 280 g/mol. The molecule has 0 aliphatic carbocycles. The summed E-state index contributed by atoms with van der Waals surface area (Å²) in [6.45, 7) is 0.876. The molecule has 0 spiro atoms. The van der Waals surface area contributed by atoms with Gasteiger partial charge in [-0.2, -0.15) is 4.99 Å². The number of carbonyl (C=O) groups excluding carboxylic acids is 1. The van der Waals surface area contributed by atoms with Crippen LogP contribution in [0.15, 0.2) is 59.6 Å². The second kappa shape index (κ2) is 6.14. The van der Waals surface area contributed by atoms with Crippen molar-refractivity contribution in [3.8, 4) is 0 Å². The predicted octanol–water partition coefficient (Wildman–Crippen LogP) is 3.61. The summed E-state index contributed by atoms with van der Waals surface area (Å²) >= 11 is 1.51. The van der Waals surface area contributed by atoms with Crippen LogP contribution in [0, 0.1) is 0 Å². The number of benzene rings is 2. The van der Waals surface area contributed by atoms with E-state index in [2.05, 4.69) is 22.0 Å². The molecule has 0 atom stereocenters. The number of aliphatic imine (C=N–C) groups is 1. The molecule has 0 fully saturated rings. The molecular formula is C17H16N2OS. The molecule has 0 N–H and O–H groups in total. The first kappa shape index (κ1) is 13.9. The van der Waals surface area contributed by atoms with Gasteiger partial charge in [-0.05, 0) is 36.4 Å². The Hall–Kier alpha value is -2.07. The van der Waals surface area contributed by atoms with Gasteiger partial charge >= 0.3 is 0 Å². The van der Waals surface area contributed by atoms with Crippen LogP contribution in [0.2, 0.25) is 0 Å². The van der Waals surface area contributed by atoms with Crippen LogP contribution in [0.25, 0.3) is 0 Å². The number of carbonyl (C=O) groups is 1. The van der Waals surface area contributed by atoms with Gasteiger partial charge in [0.25, 0.3) is 5.91 Å². The van der Waals surface area contributed by atoms with Crippen LogP contribution < -0.4 is 4.90 Å². The van der Waals surface area contributed by atoms with E-state index < -0.39 is 0 Å². The minimum absolute atomic E-state index is 0.190. The van der Waals surface area contributed by atoms with Crippen LogP contribution in [0.5, 0.6) is 0 Å². The second-order valence-electron chi connectivity index (χ2n) is 4.80. The van der Waals surface area contributed by atoms with Gasteiger partial charge in [0.2, 0.25) is 0 Å². The zero-order valence-electron chi connectivity index (χ0n) is 11.8. The van der Waals surface area contributed by atoms with Crippen LogP contribution in [0.3, 0.4) is 0 Å². The Kier molecular flexibility index (Phi) is 4.06. The molecule has 2 aromatic rings. The van der Waals surface area contributed by atoms with Crippen LogP contribution in [0.1, 0.15) is 15.9 Å². The Morgan fingerprint density at radius 2 is 1.81 bits per heavy atom. The van der Waals surface area contributed by atoms with Crippen molar-refractivity contribution in [3.63, 3.8) is 0 Å². The lowest BCUT2D eigenvalue weighted by molar-refractivity contribution is 0.100. The third kappa shape index (κ3) is 2.85. The molecule has 21 heavy (non-hydrogen) atoms. The summed E-state index contributed by atoms with van der Waals surface area (Å²) in [5.41, 5.74) is 3.09.